The van der Waals surface area contributed by atoms with Crippen molar-refractivity contribution in [1.82, 2.24) is 25.8 Å². The van der Waals surface area contributed by atoms with Crippen LogP contribution in [0.25, 0.3) is 10.9 Å². The molecule has 1 amide bonds. The standard InChI is InChI=1S/C18H21N5O/c24-18(16-8-9-21-23-16)20-11-10-19-15-7-3-5-13-12-4-1-2-6-14(12)22-17(13)15/h1-2,4,6,8-9,15,19,22H,3,5,7,10-11H2,(H,20,24)(H,21,23). The van der Waals surface area contributed by atoms with Crippen LogP contribution in [0, 0.1) is 0 Å². The Kier molecular flexibility index (Phi) is 4.04. The fraction of sp³-hybridized carbons (Fsp3) is 0.333. The third-order valence-corrected chi connectivity index (χ3v) is 4.66. The van der Waals surface area contributed by atoms with Gasteiger partial charge in [0, 0.05) is 41.9 Å². The lowest BCUT2D eigenvalue weighted by molar-refractivity contribution is 0.0948. The summed E-state index contributed by atoms with van der Waals surface area (Å²) in [5.41, 5.74) is 4.45. The number of amides is 1. The number of fused-ring (bicyclic) bond motifs is 3. The second-order valence-electron chi connectivity index (χ2n) is 6.19. The van der Waals surface area contributed by atoms with E-state index in [4.69, 9.17) is 0 Å². The molecule has 0 aliphatic heterocycles. The zero-order chi connectivity index (χ0) is 16.4. The van der Waals surface area contributed by atoms with Crippen molar-refractivity contribution < 1.29 is 4.79 Å². The summed E-state index contributed by atoms with van der Waals surface area (Å²) in [5.74, 6) is -0.121. The molecule has 0 spiro atoms. The van der Waals surface area contributed by atoms with Gasteiger partial charge < -0.3 is 15.6 Å². The lowest BCUT2D eigenvalue weighted by Crippen LogP contribution is -2.34. The van der Waals surface area contributed by atoms with Crippen LogP contribution in [0.1, 0.15) is 40.6 Å². The number of benzene rings is 1. The minimum Gasteiger partial charge on any atom is -0.357 e. The van der Waals surface area contributed by atoms with Gasteiger partial charge in [-0.2, -0.15) is 5.10 Å². The van der Waals surface area contributed by atoms with E-state index >= 15 is 0 Å². The molecule has 1 aliphatic rings. The summed E-state index contributed by atoms with van der Waals surface area (Å²) in [6, 6.07) is 10.5. The van der Waals surface area contributed by atoms with Crippen LogP contribution in [0.15, 0.2) is 36.5 Å². The molecule has 1 aliphatic carbocycles. The molecule has 4 rings (SSSR count). The Balaban J connectivity index is 1.37. The SMILES string of the molecule is O=C(NCCNC1CCCc2c1[nH]c1ccccc21)c1ccn[nH]1. The molecule has 0 saturated heterocycles. The third-order valence-electron chi connectivity index (χ3n) is 4.66. The van der Waals surface area contributed by atoms with Crippen molar-refractivity contribution in [2.24, 2.45) is 0 Å². The van der Waals surface area contributed by atoms with Crippen molar-refractivity contribution >= 4 is 16.8 Å². The van der Waals surface area contributed by atoms with E-state index in [1.165, 1.54) is 28.6 Å². The van der Waals surface area contributed by atoms with E-state index in [0.29, 0.717) is 18.3 Å². The summed E-state index contributed by atoms with van der Waals surface area (Å²) in [4.78, 5) is 15.4. The Morgan fingerprint density at radius 2 is 2.17 bits per heavy atom. The predicted molar refractivity (Wildman–Crippen MR) is 92.9 cm³/mol. The van der Waals surface area contributed by atoms with Crippen molar-refractivity contribution in [1.29, 1.82) is 0 Å². The number of H-pyrrole nitrogens is 2. The first-order valence-electron chi connectivity index (χ1n) is 8.43. The van der Waals surface area contributed by atoms with Crippen LogP contribution < -0.4 is 10.6 Å². The number of aromatic amines is 2. The predicted octanol–water partition coefficient (Wildman–Crippen LogP) is 2.29. The van der Waals surface area contributed by atoms with Crippen LogP contribution in [0.3, 0.4) is 0 Å². The van der Waals surface area contributed by atoms with E-state index in [9.17, 15) is 4.79 Å². The number of aromatic nitrogens is 3. The molecule has 0 bridgehead atoms. The van der Waals surface area contributed by atoms with Gasteiger partial charge in [-0.1, -0.05) is 18.2 Å². The first kappa shape index (κ1) is 15.0. The monoisotopic (exact) mass is 323 g/mol. The van der Waals surface area contributed by atoms with Crippen molar-refractivity contribution in [3.8, 4) is 0 Å². The molecule has 3 aromatic rings. The molecule has 1 atom stereocenters. The molecule has 6 nitrogen and oxygen atoms in total. The number of rotatable bonds is 5. The average Bonchev–Trinajstić information content (AvgIpc) is 3.26. The maximum Gasteiger partial charge on any atom is 0.269 e. The van der Waals surface area contributed by atoms with Gasteiger partial charge in [0.15, 0.2) is 0 Å². The topological polar surface area (TPSA) is 85.6 Å². The highest BCUT2D eigenvalue weighted by molar-refractivity contribution is 5.92. The van der Waals surface area contributed by atoms with Crippen LogP contribution in [0.5, 0.6) is 0 Å². The zero-order valence-corrected chi connectivity index (χ0v) is 13.4. The van der Waals surface area contributed by atoms with Gasteiger partial charge in [-0.05, 0) is 37.0 Å². The number of nitrogens with one attached hydrogen (secondary N) is 4. The summed E-state index contributed by atoms with van der Waals surface area (Å²) < 4.78 is 0. The van der Waals surface area contributed by atoms with Crippen LogP contribution in [-0.2, 0) is 6.42 Å². The number of hydrogen-bond acceptors (Lipinski definition) is 3. The maximum absolute atomic E-state index is 11.9. The number of aryl methyl sites for hydroxylation is 1. The van der Waals surface area contributed by atoms with Crippen molar-refractivity contribution in [2.75, 3.05) is 13.1 Å². The highest BCUT2D eigenvalue weighted by atomic mass is 16.1. The smallest absolute Gasteiger partial charge is 0.269 e. The van der Waals surface area contributed by atoms with E-state index < -0.39 is 0 Å². The molecule has 6 heteroatoms. The average molecular weight is 323 g/mol. The van der Waals surface area contributed by atoms with Gasteiger partial charge in [0.25, 0.3) is 5.91 Å². The number of nitrogens with zero attached hydrogens (tertiary/aromatic N) is 1. The Labute approximate surface area is 140 Å². The zero-order valence-electron chi connectivity index (χ0n) is 13.4. The second-order valence-corrected chi connectivity index (χ2v) is 6.19. The van der Waals surface area contributed by atoms with Gasteiger partial charge in [0.1, 0.15) is 5.69 Å². The quantitative estimate of drug-likeness (QED) is 0.543. The number of carbonyl (C=O) groups is 1. The molecule has 0 saturated carbocycles. The first-order valence-corrected chi connectivity index (χ1v) is 8.43. The molecule has 1 unspecified atom stereocenters. The highest BCUT2D eigenvalue weighted by Gasteiger charge is 2.23. The van der Waals surface area contributed by atoms with Crippen molar-refractivity contribution in [2.45, 2.75) is 25.3 Å². The van der Waals surface area contributed by atoms with Crippen molar-refractivity contribution in [3.63, 3.8) is 0 Å². The fourth-order valence-electron chi connectivity index (χ4n) is 3.52. The number of carbonyl (C=O) groups excluding carboxylic acids is 1. The molecular weight excluding hydrogens is 302 g/mol. The molecule has 2 aromatic heterocycles. The van der Waals surface area contributed by atoms with Crippen molar-refractivity contribution in [3.05, 3.63) is 53.5 Å². The largest absolute Gasteiger partial charge is 0.357 e. The second kappa shape index (κ2) is 6.49. The molecule has 24 heavy (non-hydrogen) atoms. The van der Waals surface area contributed by atoms with Gasteiger partial charge in [0.05, 0.1) is 0 Å². The lowest BCUT2D eigenvalue weighted by Gasteiger charge is -2.24. The van der Waals surface area contributed by atoms with E-state index in [1.54, 1.807) is 12.3 Å². The third kappa shape index (κ3) is 2.80. The van der Waals surface area contributed by atoms with Gasteiger partial charge in [-0.3, -0.25) is 9.89 Å². The summed E-state index contributed by atoms with van der Waals surface area (Å²) in [7, 11) is 0. The molecule has 1 aromatic carbocycles. The van der Waals surface area contributed by atoms with E-state index in [0.717, 1.165) is 19.4 Å². The summed E-state index contributed by atoms with van der Waals surface area (Å²) >= 11 is 0. The Morgan fingerprint density at radius 3 is 3.04 bits per heavy atom. The van der Waals surface area contributed by atoms with Crippen LogP contribution in [0.4, 0.5) is 0 Å². The molecule has 2 heterocycles. The van der Waals surface area contributed by atoms with E-state index in [2.05, 4.69) is 50.1 Å². The minimum absolute atomic E-state index is 0.121. The molecule has 4 N–H and O–H groups in total. The van der Waals surface area contributed by atoms with Crippen LogP contribution >= 0.6 is 0 Å². The lowest BCUT2D eigenvalue weighted by atomic mass is 9.92. The molecule has 124 valence electrons. The molecule has 0 radical (unpaired) electrons. The number of para-hydroxylation sites is 1. The Morgan fingerprint density at radius 1 is 1.25 bits per heavy atom. The van der Waals surface area contributed by atoms with E-state index in [-0.39, 0.29) is 5.91 Å². The van der Waals surface area contributed by atoms with Gasteiger partial charge in [-0.15, -0.1) is 0 Å². The Hall–Kier alpha value is -2.60. The van der Waals surface area contributed by atoms with Gasteiger partial charge in [-0.25, -0.2) is 0 Å². The normalized spacial score (nSPS) is 16.9. The number of hydrogen-bond donors (Lipinski definition) is 4. The molecular formula is C18H21N5O. The molecule has 0 fully saturated rings. The summed E-state index contributed by atoms with van der Waals surface area (Å²) in [6.45, 7) is 1.32. The van der Waals surface area contributed by atoms with Crippen LogP contribution in [0.2, 0.25) is 0 Å². The maximum atomic E-state index is 11.9. The minimum atomic E-state index is -0.121. The Bertz CT molecular complexity index is 836. The summed E-state index contributed by atoms with van der Waals surface area (Å²) in [5, 5.41) is 14.3. The van der Waals surface area contributed by atoms with Gasteiger partial charge >= 0.3 is 0 Å². The fourth-order valence-corrected chi connectivity index (χ4v) is 3.52. The van der Waals surface area contributed by atoms with Crippen LogP contribution in [-0.4, -0.2) is 34.2 Å². The highest BCUT2D eigenvalue weighted by Crippen LogP contribution is 2.34. The summed E-state index contributed by atoms with van der Waals surface area (Å²) in [6.07, 6.45) is 5.02. The first-order chi connectivity index (χ1) is 11.8. The van der Waals surface area contributed by atoms with Gasteiger partial charge in [0.2, 0.25) is 0 Å². The van der Waals surface area contributed by atoms with E-state index in [1.807, 2.05) is 0 Å².